The Labute approximate surface area is 286 Å². The van der Waals surface area contributed by atoms with E-state index in [0.29, 0.717) is 13.2 Å². The molecule has 0 aromatic heterocycles. The molecule has 3 heterocycles. The molecular formula is C35H56N2O10S. The Kier molecular flexibility index (Phi) is 14.5. The molecule has 0 spiro atoms. The minimum absolute atomic E-state index is 0.0741. The van der Waals surface area contributed by atoms with Crippen LogP contribution in [0.4, 0.5) is 4.79 Å². The van der Waals surface area contributed by atoms with E-state index in [1.165, 1.54) is 51.4 Å². The van der Waals surface area contributed by atoms with Crippen LogP contribution in [0.5, 0.6) is 0 Å². The molecule has 1 aromatic carbocycles. The van der Waals surface area contributed by atoms with Gasteiger partial charge in [-0.25, -0.2) is 22.7 Å². The number of carbonyl (C=O) groups is 2. The number of fused-ring (bicyclic) bond motifs is 1. The van der Waals surface area contributed by atoms with Crippen LogP contribution in [0, 0.1) is 0 Å². The fourth-order valence-corrected chi connectivity index (χ4v) is 7.70. The number of carbonyl (C=O) groups excluding carboxylic acids is 1. The maximum atomic E-state index is 13.2. The summed E-state index contributed by atoms with van der Waals surface area (Å²) < 4.78 is 59.1. The van der Waals surface area contributed by atoms with Crippen LogP contribution >= 0.6 is 0 Å². The molecule has 0 bridgehead atoms. The third-order valence-corrected chi connectivity index (χ3v) is 10.6. The number of rotatable bonds is 19. The molecule has 4 atom stereocenters. The average molecular weight is 697 g/mol. The molecule has 3 aliphatic rings. The predicted molar refractivity (Wildman–Crippen MR) is 179 cm³/mol. The van der Waals surface area contributed by atoms with Gasteiger partial charge in [-0.1, -0.05) is 77.6 Å². The zero-order chi connectivity index (χ0) is 34.6. The number of aromatic carboxylic acids is 1. The largest absolute Gasteiger partial charge is 0.478 e. The fourth-order valence-electron chi connectivity index (χ4n) is 6.82. The van der Waals surface area contributed by atoms with Crippen LogP contribution in [0.2, 0.25) is 0 Å². The fraction of sp³-hybridized carbons (Fsp3) is 0.771. The molecule has 3 fully saturated rings. The van der Waals surface area contributed by atoms with Crippen molar-refractivity contribution >= 4 is 22.1 Å². The van der Waals surface area contributed by atoms with Gasteiger partial charge in [-0.2, -0.15) is 0 Å². The number of sulfonamides is 1. The van der Waals surface area contributed by atoms with Gasteiger partial charge < -0.3 is 33.7 Å². The lowest BCUT2D eigenvalue weighted by atomic mass is 10.0. The van der Waals surface area contributed by atoms with Crippen molar-refractivity contribution in [2.75, 3.05) is 32.8 Å². The van der Waals surface area contributed by atoms with Crippen LogP contribution in [0.3, 0.4) is 0 Å². The molecule has 3 saturated heterocycles. The van der Waals surface area contributed by atoms with E-state index >= 15 is 0 Å². The van der Waals surface area contributed by atoms with Crippen molar-refractivity contribution in [1.29, 1.82) is 0 Å². The Balaban J connectivity index is 1.38. The van der Waals surface area contributed by atoms with Crippen molar-refractivity contribution < 1.29 is 46.8 Å². The van der Waals surface area contributed by atoms with Crippen LogP contribution in [0.1, 0.15) is 121 Å². The molecule has 12 nitrogen and oxygen atoms in total. The monoisotopic (exact) mass is 696 g/mol. The Morgan fingerprint density at radius 2 is 1.52 bits per heavy atom. The summed E-state index contributed by atoms with van der Waals surface area (Å²) in [5, 5.41) is 9.14. The van der Waals surface area contributed by atoms with Crippen molar-refractivity contribution in [2.24, 2.45) is 0 Å². The summed E-state index contributed by atoms with van der Waals surface area (Å²) in [6, 6.07) is 4.54. The predicted octanol–water partition coefficient (Wildman–Crippen LogP) is 6.23. The summed E-state index contributed by atoms with van der Waals surface area (Å²) in [6.45, 7) is 8.54. The average Bonchev–Trinajstić information content (AvgIpc) is 3.27. The first-order chi connectivity index (χ1) is 22.9. The second-order valence-electron chi connectivity index (χ2n) is 13.8. The normalized spacial score (nSPS) is 25.8. The Hall–Kier alpha value is -2.29. The highest BCUT2D eigenvalue weighted by atomic mass is 32.2. The molecule has 13 heteroatoms. The highest BCUT2D eigenvalue weighted by Gasteiger charge is 2.66. The Morgan fingerprint density at radius 3 is 2.12 bits per heavy atom. The Morgan fingerprint density at radius 1 is 0.917 bits per heavy atom. The standard InChI is InChI=1S/C35H56N2O10S/c1-4-5-6-7-8-9-10-11-14-17-24-43-26-35-31(46-34(2,3)47-35)30(29(45-35)25-37-22-15-12-13-16-23-37)44-33(40)36-48(41,42)28-20-18-27(19-21-28)32(38)39/h18-21,29-31H,4-17,22-26H2,1-3H3,(H,36,40)(H,38,39)/t29-,30+,31-,35-/m0/s1. The summed E-state index contributed by atoms with van der Waals surface area (Å²) in [7, 11) is -4.35. The molecule has 2 N–H and O–H groups in total. The highest BCUT2D eigenvalue weighted by Crippen LogP contribution is 2.47. The maximum absolute atomic E-state index is 13.2. The first-order valence-corrected chi connectivity index (χ1v) is 19.4. The van der Waals surface area contributed by atoms with Crippen molar-refractivity contribution in [3.05, 3.63) is 29.8 Å². The number of amides is 1. The summed E-state index contributed by atoms with van der Waals surface area (Å²) in [6.07, 6.45) is 12.9. The summed E-state index contributed by atoms with van der Waals surface area (Å²) in [4.78, 5) is 26.4. The summed E-state index contributed by atoms with van der Waals surface area (Å²) in [5.74, 6) is -3.59. The second-order valence-corrected chi connectivity index (χ2v) is 15.4. The number of ether oxygens (including phenoxy) is 5. The zero-order valence-corrected chi connectivity index (χ0v) is 29.8. The molecule has 0 aliphatic carbocycles. The number of likely N-dealkylation sites (tertiary alicyclic amines) is 1. The van der Waals surface area contributed by atoms with Crippen molar-refractivity contribution in [2.45, 2.75) is 145 Å². The molecule has 4 rings (SSSR count). The SMILES string of the molecule is CCCCCCCCCCCCOC[C@@]12O[C@@H](CN3CCCCCC3)[C@@H](OC(=O)NS(=O)(=O)c3ccc(C(=O)O)cc3)[C@@H]1OC(C)(C)O2. The lowest BCUT2D eigenvalue weighted by Gasteiger charge is -2.31. The second kappa shape index (κ2) is 18.1. The molecule has 0 radical (unpaired) electrons. The minimum atomic E-state index is -4.35. The summed E-state index contributed by atoms with van der Waals surface area (Å²) >= 11 is 0. The van der Waals surface area contributed by atoms with Crippen LogP contribution in [-0.4, -0.2) is 93.2 Å². The molecule has 48 heavy (non-hydrogen) atoms. The van der Waals surface area contributed by atoms with Gasteiger partial charge in [0.05, 0.1) is 10.5 Å². The number of hydrogen-bond acceptors (Lipinski definition) is 10. The summed E-state index contributed by atoms with van der Waals surface area (Å²) in [5.41, 5.74) is -0.0799. The molecular weight excluding hydrogens is 640 g/mol. The first kappa shape index (κ1) is 38.5. The van der Waals surface area contributed by atoms with E-state index < -0.39 is 52.0 Å². The smallest absolute Gasteiger partial charge is 0.421 e. The van der Waals surface area contributed by atoms with Crippen molar-refractivity contribution in [1.82, 2.24) is 9.62 Å². The van der Waals surface area contributed by atoms with E-state index in [0.717, 1.165) is 75.9 Å². The highest BCUT2D eigenvalue weighted by molar-refractivity contribution is 7.90. The van der Waals surface area contributed by atoms with Gasteiger partial charge in [-0.05, 0) is 70.5 Å². The molecule has 1 amide bonds. The number of nitrogens with zero attached hydrogens (tertiary/aromatic N) is 1. The van der Waals surface area contributed by atoms with Gasteiger partial charge in [-0.15, -0.1) is 0 Å². The van der Waals surface area contributed by atoms with Crippen LogP contribution < -0.4 is 4.72 Å². The van der Waals surface area contributed by atoms with E-state index in [4.69, 9.17) is 28.8 Å². The Bertz CT molecular complexity index is 1270. The minimum Gasteiger partial charge on any atom is -0.478 e. The van der Waals surface area contributed by atoms with Gasteiger partial charge in [0.1, 0.15) is 12.7 Å². The van der Waals surface area contributed by atoms with E-state index in [-0.39, 0.29) is 17.1 Å². The van der Waals surface area contributed by atoms with Crippen LogP contribution in [0.15, 0.2) is 29.2 Å². The third-order valence-electron chi connectivity index (χ3n) is 9.23. The van der Waals surface area contributed by atoms with Gasteiger partial charge >= 0.3 is 12.1 Å². The molecule has 0 saturated carbocycles. The van der Waals surface area contributed by atoms with Gasteiger partial charge in [0.25, 0.3) is 10.0 Å². The molecule has 0 unspecified atom stereocenters. The number of nitrogens with one attached hydrogen (secondary N) is 1. The van der Waals surface area contributed by atoms with Gasteiger partial charge in [-0.3, -0.25) is 0 Å². The lowest BCUT2D eigenvalue weighted by molar-refractivity contribution is -0.279. The zero-order valence-electron chi connectivity index (χ0n) is 29.0. The van der Waals surface area contributed by atoms with E-state index in [2.05, 4.69) is 11.8 Å². The topological polar surface area (TPSA) is 150 Å². The van der Waals surface area contributed by atoms with Gasteiger partial charge in [0.2, 0.25) is 5.79 Å². The number of hydrogen-bond donors (Lipinski definition) is 2. The lowest BCUT2D eigenvalue weighted by Crippen LogP contribution is -2.47. The quantitative estimate of drug-likeness (QED) is 0.159. The molecule has 272 valence electrons. The third kappa shape index (κ3) is 11.1. The molecule has 1 aromatic rings. The number of unbranched alkanes of at least 4 members (excludes halogenated alkanes) is 9. The van der Waals surface area contributed by atoms with Gasteiger partial charge in [0.15, 0.2) is 18.0 Å². The van der Waals surface area contributed by atoms with Gasteiger partial charge in [0, 0.05) is 13.2 Å². The molecule has 3 aliphatic heterocycles. The van der Waals surface area contributed by atoms with Crippen LogP contribution in [0.25, 0.3) is 0 Å². The maximum Gasteiger partial charge on any atom is 0.421 e. The number of carboxylic acids is 1. The number of carboxylic acid groups (broad SMARTS) is 1. The number of benzene rings is 1. The van der Waals surface area contributed by atoms with E-state index in [1.807, 2.05) is 4.72 Å². The first-order valence-electron chi connectivity index (χ1n) is 17.9. The van der Waals surface area contributed by atoms with E-state index in [1.54, 1.807) is 13.8 Å². The van der Waals surface area contributed by atoms with E-state index in [9.17, 15) is 18.0 Å². The van der Waals surface area contributed by atoms with Crippen molar-refractivity contribution in [3.8, 4) is 0 Å². The van der Waals surface area contributed by atoms with Crippen LogP contribution in [-0.2, 0) is 33.7 Å². The van der Waals surface area contributed by atoms with Crippen molar-refractivity contribution in [3.63, 3.8) is 0 Å².